The zero-order valence-corrected chi connectivity index (χ0v) is 15.1. The molecule has 0 aliphatic heterocycles. The second-order valence-corrected chi connectivity index (χ2v) is 6.59. The first-order valence-electron chi connectivity index (χ1n) is 6.30. The number of halogens is 3. The van der Waals surface area contributed by atoms with E-state index in [-0.39, 0.29) is 0 Å². The van der Waals surface area contributed by atoms with Crippen LogP contribution in [0.25, 0.3) is 0 Å². The van der Waals surface area contributed by atoms with Crippen molar-refractivity contribution in [2.45, 2.75) is 13.3 Å². The van der Waals surface area contributed by atoms with Gasteiger partial charge in [-0.25, -0.2) is 0 Å². The van der Waals surface area contributed by atoms with Crippen molar-refractivity contribution in [2.75, 3.05) is 10.6 Å². The Labute approximate surface area is 148 Å². The molecular weight excluding hydrogens is 391 g/mol. The molecule has 0 aliphatic carbocycles. The summed E-state index contributed by atoms with van der Waals surface area (Å²) in [5.41, 5.74) is 2.91. The molecule has 0 saturated heterocycles. The van der Waals surface area contributed by atoms with Gasteiger partial charge in [-0.2, -0.15) is 0 Å². The van der Waals surface area contributed by atoms with E-state index in [4.69, 9.17) is 35.4 Å². The minimum atomic E-state index is 0.491. The molecule has 2 aromatic carbocycles. The first kappa shape index (κ1) is 16.6. The Morgan fingerprint density at radius 2 is 1.76 bits per heavy atom. The van der Waals surface area contributed by atoms with E-state index in [0.29, 0.717) is 15.2 Å². The number of thiocarbonyl (C=S) groups is 1. The van der Waals surface area contributed by atoms with Crippen molar-refractivity contribution in [2.24, 2.45) is 0 Å². The lowest BCUT2D eigenvalue weighted by Gasteiger charge is -2.14. The molecular formula is C15H13BrCl2N2S. The number of anilines is 2. The molecule has 2 aromatic rings. The van der Waals surface area contributed by atoms with Crippen molar-refractivity contribution in [3.05, 3.63) is 56.5 Å². The predicted octanol–water partition coefficient (Wildman–Crippen LogP) is 6.13. The number of rotatable bonds is 3. The fourth-order valence-corrected chi connectivity index (χ4v) is 3.05. The highest BCUT2D eigenvalue weighted by Gasteiger charge is 2.05. The van der Waals surface area contributed by atoms with Gasteiger partial charge in [-0.15, -0.1) is 0 Å². The molecule has 21 heavy (non-hydrogen) atoms. The van der Waals surface area contributed by atoms with Crippen molar-refractivity contribution in [1.29, 1.82) is 0 Å². The Morgan fingerprint density at radius 1 is 1.10 bits per heavy atom. The van der Waals surface area contributed by atoms with Gasteiger partial charge in [0.15, 0.2) is 5.11 Å². The Hall–Kier alpha value is -0.810. The lowest BCUT2D eigenvalue weighted by molar-refractivity contribution is 1.14. The first-order chi connectivity index (χ1) is 9.97. The van der Waals surface area contributed by atoms with Gasteiger partial charge < -0.3 is 10.6 Å². The van der Waals surface area contributed by atoms with Crippen LogP contribution in [0.5, 0.6) is 0 Å². The summed E-state index contributed by atoms with van der Waals surface area (Å²) in [4.78, 5) is 0. The van der Waals surface area contributed by atoms with Crippen molar-refractivity contribution >= 4 is 67.8 Å². The van der Waals surface area contributed by atoms with Crippen LogP contribution in [0, 0.1) is 0 Å². The molecule has 2 nitrogen and oxygen atoms in total. The van der Waals surface area contributed by atoms with Crippen LogP contribution in [0.2, 0.25) is 10.0 Å². The zero-order chi connectivity index (χ0) is 15.4. The highest BCUT2D eigenvalue weighted by atomic mass is 79.9. The summed E-state index contributed by atoms with van der Waals surface area (Å²) in [6, 6.07) is 11.2. The molecule has 0 amide bonds. The van der Waals surface area contributed by atoms with Gasteiger partial charge in [0.25, 0.3) is 0 Å². The Kier molecular flexibility index (Phi) is 5.88. The third-order valence-corrected chi connectivity index (χ3v) is 3.95. The van der Waals surface area contributed by atoms with Gasteiger partial charge in [-0.1, -0.05) is 46.1 Å². The lowest BCUT2D eigenvalue weighted by atomic mass is 10.1. The summed E-state index contributed by atoms with van der Waals surface area (Å²) < 4.78 is 1.05. The normalized spacial score (nSPS) is 10.3. The van der Waals surface area contributed by atoms with Crippen LogP contribution in [0.1, 0.15) is 12.5 Å². The smallest absolute Gasteiger partial charge is 0.175 e. The van der Waals surface area contributed by atoms with Gasteiger partial charge in [0.1, 0.15) is 0 Å². The summed E-state index contributed by atoms with van der Waals surface area (Å²) in [5, 5.41) is 7.88. The molecule has 0 atom stereocenters. The maximum atomic E-state index is 5.97. The molecule has 0 saturated carbocycles. The minimum Gasteiger partial charge on any atom is -0.332 e. The fourth-order valence-electron chi connectivity index (χ4n) is 1.89. The number of aryl methyl sites for hydroxylation is 1. The minimum absolute atomic E-state index is 0.491. The van der Waals surface area contributed by atoms with E-state index in [9.17, 15) is 0 Å². The standard InChI is InChI=1S/C15H13BrCl2N2S/c1-2-9-5-10(16)3-4-14(9)20-15(21)19-13-7-11(17)6-12(18)8-13/h3-8H,2H2,1H3,(H2,19,20,21). The maximum absolute atomic E-state index is 5.97. The van der Waals surface area contributed by atoms with Crippen LogP contribution in [0.3, 0.4) is 0 Å². The molecule has 110 valence electrons. The van der Waals surface area contributed by atoms with Gasteiger partial charge >= 0.3 is 0 Å². The third-order valence-electron chi connectivity index (χ3n) is 2.82. The molecule has 0 spiro atoms. The van der Waals surface area contributed by atoms with Crippen molar-refractivity contribution in [3.8, 4) is 0 Å². The largest absolute Gasteiger partial charge is 0.332 e. The van der Waals surface area contributed by atoms with Gasteiger partial charge in [-0.3, -0.25) is 0 Å². The molecule has 0 unspecified atom stereocenters. The van der Waals surface area contributed by atoms with Gasteiger partial charge in [-0.05, 0) is 60.6 Å². The summed E-state index contributed by atoms with van der Waals surface area (Å²) in [5.74, 6) is 0. The quantitative estimate of drug-likeness (QED) is 0.603. The van der Waals surface area contributed by atoms with E-state index in [1.807, 2.05) is 12.1 Å². The summed E-state index contributed by atoms with van der Waals surface area (Å²) in [7, 11) is 0. The van der Waals surface area contributed by atoms with Crippen LogP contribution in [0.4, 0.5) is 11.4 Å². The van der Waals surface area contributed by atoms with Gasteiger partial charge in [0.2, 0.25) is 0 Å². The number of hydrogen-bond donors (Lipinski definition) is 2. The second kappa shape index (κ2) is 7.45. The van der Waals surface area contributed by atoms with E-state index >= 15 is 0 Å². The Balaban J connectivity index is 2.11. The molecule has 0 bridgehead atoms. The SMILES string of the molecule is CCc1cc(Br)ccc1NC(=S)Nc1cc(Cl)cc(Cl)c1. The van der Waals surface area contributed by atoms with Crippen molar-refractivity contribution < 1.29 is 0 Å². The summed E-state index contributed by atoms with van der Waals surface area (Å²) in [6.45, 7) is 2.10. The molecule has 0 aliphatic rings. The van der Waals surface area contributed by atoms with E-state index in [2.05, 4.69) is 39.6 Å². The summed E-state index contributed by atoms with van der Waals surface area (Å²) >= 11 is 20.7. The Bertz CT molecular complexity index is 656. The highest BCUT2D eigenvalue weighted by Crippen LogP contribution is 2.24. The van der Waals surface area contributed by atoms with Crippen molar-refractivity contribution in [3.63, 3.8) is 0 Å². The van der Waals surface area contributed by atoms with Crippen LogP contribution < -0.4 is 10.6 Å². The number of benzene rings is 2. The number of nitrogens with one attached hydrogen (secondary N) is 2. The van der Waals surface area contributed by atoms with E-state index in [1.165, 1.54) is 5.56 Å². The fraction of sp³-hybridized carbons (Fsp3) is 0.133. The average Bonchev–Trinajstić information content (AvgIpc) is 2.39. The zero-order valence-electron chi connectivity index (χ0n) is 11.2. The van der Waals surface area contributed by atoms with E-state index in [0.717, 1.165) is 22.3 Å². The first-order valence-corrected chi connectivity index (χ1v) is 8.26. The topological polar surface area (TPSA) is 24.1 Å². The summed E-state index contributed by atoms with van der Waals surface area (Å²) in [6.07, 6.45) is 0.910. The van der Waals surface area contributed by atoms with Crippen LogP contribution in [-0.4, -0.2) is 5.11 Å². The predicted molar refractivity (Wildman–Crippen MR) is 99.8 cm³/mol. The van der Waals surface area contributed by atoms with Gasteiger partial charge in [0, 0.05) is 25.9 Å². The molecule has 0 radical (unpaired) electrons. The third kappa shape index (κ3) is 4.85. The molecule has 0 fully saturated rings. The van der Waals surface area contributed by atoms with E-state index < -0.39 is 0 Å². The van der Waals surface area contributed by atoms with Crippen LogP contribution in [-0.2, 0) is 6.42 Å². The van der Waals surface area contributed by atoms with E-state index in [1.54, 1.807) is 18.2 Å². The molecule has 0 aromatic heterocycles. The van der Waals surface area contributed by atoms with Gasteiger partial charge in [0.05, 0.1) is 0 Å². The molecule has 6 heteroatoms. The van der Waals surface area contributed by atoms with Crippen molar-refractivity contribution in [1.82, 2.24) is 0 Å². The maximum Gasteiger partial charge on any atom is 0.175 e. The molecule has 2 N–H and O–H groups in total. The number of hydrogen-bond acceptors (Lipinski definition) is 1. The average molecular weight is 404 g/mol. The monoisotopic (exact) mass is 402 g/mol. The van der Waals surface area contributed by atoms with Crippen LogP contribution >= 0.6 is 51.3 Å². The van der Waals surface area contributed by atoms with Crippen LogP contribution in [0.15, 0.2) is 40.9 Å². The lowest BCUT2D eigenvalue weighted by Crippen LogP contribution is -2.19. The second-order valence-electron chi connectivity index (χ2n) is 4.39. The highest BCUT2D eigenvalue weighted by molar-refractivity contribution is 9.10. The molecule has 0 heterocycles. The Morgan fingerprint density at radius 3 is 2.38 bits per heavy atom. The molecule has 2 rings (SSSR count).